The average molecular weight is 367 g/mol. The highest BCUT2D eigenvalue weighted by Crippen LogP contribution is 2.41. The molecule has 1 saturated carbocycles. The Bertz CT molecular complexity index is 799. The molecular formula is C22H26FN3O. The van der Waals surface area contributed by atoms with Crippen LogP contribution in [0.2, 0.25) is 0 Å². The van der Waals surface area contributed by atoms with Gasteiger partial charge in [0.1, 0.15) is 5.82 Å². The van der Waals surface area contributed by atoms with Gasteiger partial charge < -0.3 is 15.1 Å². The molecule has 5 heteroatoms. The number of benzene rings is 2. The van der Waals surface area contributed by atoms with E-state index in [1.165, 1.54) is 11.6 Å². The average Bonchev–Trinajstić information content (AvgIpc) is 3.47. The van der Waals surface area contributed by atoms with Crippen LogP contribution in [0.25, 0.3) is 11.1 Å². The van der Waals surface area contributed by atoms with E-state index >= 15 is 0 Å². The Hall–Kier alpha value is -2.24. The van der Waals surface area contributed by atoms with Crippen LogP contribution in [0.5, 0.6) is 0 Å². The van der Waals surface area contributed by atoms with Crippen molar-refractivity contribution in [1.29, 1.82) is 0 Å². The number of piperazine rings is 1. The lowest BCUT2D eigenvalue weighted by molar-refractivity contribution is -0.131. The number of amides is 1. The van der Waals surface area contributed by atoms with Gasteiger partial charge in [-0.25, -0.2) is 4.39 Å². The van der Waals surface area contributed by atoms with E-state index in [0.29, 0.717) is 24.1 Å². The molecule has 4 nitrogen and oxygen atoms in total. The van der Waals surface area contributed by atoms with Crippen molar-refractivity contribution in [2.24, 2.45) is 0 Å². The fraction of sp³-hybridized carbons (Fsp3) is 0.409. The van der Waals surface area contributed by atoms with Crippen LogP contribution in [0.1, 0.15) is 17.9 Å². The molecule has 0 aromatic heterocycles. The third kappa shape index (κ3) is 4.20. The molecule has 2 aromatic carbocycles. The fourth-order valence-electron chi connectivity index (χ4n) is 3.78. The van der Waals surface area contributed by atoms with Gasteiger partial charge in [0.25, 0.3) is 0 Å². The largest absolute Gasteiger partial charge is 0.339 e. The van der Waals surface area contributed by atoms with Crippen LogP contribution in [-0.2, 0) is 4.79 Å². The zero-order valence-corrected chi connectivity index (χ0v) is 15.7. The summed E-state index contributed by atoms with van der Waals surface area (Å²) in [6.07, 6.45) is 1.05. The molecule has 0 spiro atoms. The number of hydrogen-bond donors (Lipinski definition) is 1. The number of rotatable bonds is 5. The van der Waals surface area contributed by atoms with Gasteiger partial charge in [0, 0.05) is 43.7 Å². The van der Waals surface area contributed by atoms with Gasteiger partial charge in [-0.15, -0.1) is 0 Å². The van der Waals surface area contributed by atoms with E-state index in [1.807, 2.05) is 23.1 Å². The predicted octanol–water partition coefficient (Wildman–Crippen LogP) is 2.71. The second-order valence-electron chi connectivity index (χ2n) is 7.62. The molecule has 1 heterocycles. The Morgan fingerprint density at radius 1 is 1.07 bits per heavy atom. The smallest absolute Gasteiger partial charge is 0.236 e. The summed E-state index contributed by atoms with van der Waals surface area (Å²) in [6.45, 7) is 3.96. The van der Waals surface area contributed by atoms with E-state index in [9.17, 15) is 9.18 Å². The number of nitrogens with zero attached hydrogens (tertiary/aromatic N) is 2. The Labute approximate surface area is 160 Å². The second-order valence-corrected chi connectivity index (χ2v) is 7.62. The van der Waals surface area contributed by atoms with Crippen molar-refractivity contribution in [3.8, 4) is 11.1 Å². The maximum Gasteiger partial charge on any atom is 0.236 e. The van der Waals surface area contributed by atoms with Crippen LogP contribution in [0.15, 0.2) is 48.5 Å². The van der Waals surface area contributed by atoms with Crippen LogP contribution in [0.4, 0.5) is 4.39 Å². The van der Waals surface area contributed by atoms with Crippen LogP contribution in [0.3, 0.4) is 0 Å². The van der Waals surface area contributed by atoms with E-state index < -0.39 is 0 Å². The Morgan fingerprint density at radius 2 is 1.78 bits per heavy atom. The highest BCUT2D eigenvalue weighted by atomic mass is 19.1. The molecular weight excluding hydrogens is 341 g/mol. The summed E-state index contributed by atoms with van der Waals surface area (Å²) < 4.78 is 13.9. The minimum Gasteiger partial charge on any atom is -0.339 e. The highest BCUT2D eigenvalue weighted by Gasteiger charge is 2.38. The first-order chi connectivity index (χ1) is 13.1. The van der Waals surface area contributed by atoms with Gasteiger partial charge in [0.05, 0.1) is 6.54 Å². The third-order valence-corrected chi connectivity index (χ3v) is 5.69. The molecule has 27 heavy (non-hydrogen) atoms. The van der Waals surface area contributed by atoms with Crippen molar-refractivity contribution in [2.75, 3.05) is 39.8 Å². The van der Waals surface area contributed by atoms with E-state index in [1.54, 1.807) is 12.1 Å². The lowest BCUT2D eigenvalue weighted by Crippen LogP contribution is -2.49. The van der Waals surface area contributed by atoms with Crippen molar-refractivity contribution in [3.63, 3.8) is 0 Å². The van der Waals surface area contributed by atoms with E-state index in [2.05, 4.69) is 29.4 Å². The second kappa shape index (κ2) is 7.79. The van der Waals surface area contributed by atoms with Gasteiger partial charge in [-0.1, -0.05) is 42.5 Å². The topological polar surface area (TPSA) is 35.6 Å². The molecule has 1 N–H and O–H groups in total. The van der Waals surface area contributed by atoms with Crippen molar-refractivity contribution in [1.82, 2.24) is 15.1 Å². The van der Waals surface area contributed by atoms with Crippen molar-refractivity contribution in [2.45, 2.75) is 18.4 Å². The summed E-state index contributed by atoms with van der Waals surface area (Å²) in [4.78, 5) is 16.5. The van der Waals surface area contributed by atoms with Crippen LogP contribution in [-0.4, -0.2) is 61.5 Å². The van der Waals surface area contributed by atoms with Gasteiger partial charge in [-0.2, -0.15) is 0 Å². The number of nitrogens with one attached hydrogen (secondary N) is 1. The zero-order chi connectivity index (χ0) is 18.8. The van der Waals surface area contributed by atoms with E-state index in [0.717, 1.165) is 38.2 Å². The molecule has 1 saturated heterocycles. The SMILES string of the molecule is CN1CCN(C(=O)CNC2CC2c2ccc(-c3ccccc3F)cc2)CC1. The summed E-state index contributed by atoms with van der Waals surface area (Å²) in [6, 6.07) is 15.3. The van der Waals surface area contributed by atoms with E-state index in [-0.39, 0.29) is 11.7 Å². The lowest BCUT2D eigenvalue weighted by atomic mass is 10.0. The Morgan fingerprint density at radius 3 is 2.48 bits per heavy atom. The predicted molar refractivity (Wildman–Crippen MR) is 105 cm³/mol. The highest BCUT2D eigenvalue weighted by molar-refractivity contribution is 5.78. The van der Waals surface area contributed by atoms with Gasteiger partial charge in [-0.05, 0) is 30.7 Å². The van der Waals surface area contributed by atoms with Gasteiger partial charge in [-0.3, -0.25) is 4.79 Å². The normalized spacial score (nSPS) is 22.7. The van der Waals surface area contributed by atoms with Gasteiger partial charge >= 0.3 is 0 Å². The number of carbonyl (C=O) groups excluding carboxylic acids is 1. The first-order valence-electron chi connectivity index (χ1n) is 9.66. The van der Waals surface area contributed by atoms with Crippen LogP contribution < -0.4 is 5.32 Å². The quantitative estimate of drug-likeness (QED) is 0.883. The molecule has 142 valence electrons. The Kier molecular flexibility index (Phi) is 5.23. The number of halogens is 1. The molecule has 2 unspecified atom stereocenters. The molecule has 2 aromatic rings. The first kappa shape index (κ1) is 18.1. The summed E-state index contributed by atoms with van der Waals surface area (Å²) in [5.74, 6) is 0.447. The van der Waals surface area contributed by atoms with Crippen LogP contribution in [0, 0.1) is 5.82 Å². The van der Waals surface area contributed by atoms with Crippen LogP contribution >= 0.6 is 0 Å². The number of likely N-dealkylation sites (N-methyl/N-ethyl adjacent to an activating group) is 1. The van der Waals surface area contributed by atoms with E-state index in [4.69, 9.17) is 0 Å². The molecule has 1 amide bonds. The molecule has 2 atom stereocenters. The monoisotopic (exact) mass is 367 g/mol. The molecule has 1 aliphatic carbocycles. The van der Waals surface area contributed by atoms with Gasteiger partial charge in [0.15, 0.2) is 0 Å². The van der Waals surface area contributed by atoms with Crippen molar-refractivity contribution < 1.29 is 9.18 Å². The molecule has 2 aliphatic rings. The molecule has 0 radical (unpaired) electrons. The zero-order valence-electron chi connectivity index (χ0n) is 15.7. The lowest BCUT2D eigenvalue weighted by Gasteiger charge is -2.32. The first-order valence-corrected chi connectivity index (χ1v) is 9.66. The minimum absolute atomic E-state index is 0.196. The van der Waals surface area contributed by atoms with Crippen molar-refractivity contribution >= 4 is 5.91 Å². The van der Waals surface area contributed by atoms with Crippen molar-refractivity contribution in [3.05, 3.63) is 59.9 Å². The maximum atomic E-state index is 13.9. The molecule has 1 aliphatic heterocycles. The van der Waals surface area contributed by atoms with Gasteiger partial charge in [0.2, 0.25) is 5.91 Å². The standard InChI is InChI=1S/C22H26FN3O/c1-25-10-12-26(13-11-25)22(27)15-24-21-14-19(21)17-8-6-16(7-9-17)18-4-2-3-5-20(18)23/h2-9,19,21,24H,10-15H2,1H3. The minimum atomic E-state index is -0.196. The number of hydrogen-bond acceptors (Lipinski definition) is 3. The summed E-state index contributed by atoms with van der Waals surface area (Å²) in [5, 5.41) is 3.40. The molecule has 0 bridgehead atoms. The number of carbonyl (C=O) groups is 1. The summed E-state index contributed by atoms with van der Waals surface area (Å²) >= 11 is 0. The molecule has 4 rings (SSSR count). The maximum absolute atomic E-state index is 13.9. The summed E-state index contributed by atoms with van der Waals surface area (Å²) in [5.41, 5.74) is 2.78. The third-order valence-electron chi connectivity index (χ3n) is 5.69. The Balaban J connectivity index is 1.29. The molecule has 2 fully saturated rings. The summed E-state index contributed by atoms with van der Waals surface area (Å²) in [7, 11) is 2.09. The fourth-order valence-corrected chi connectivity index (χ4v) is 3.78.